The summed E-state index contributed by atoms with van der Waals surface area (Å²) in [6, 6.07) is 7.94. The minimum atomic E-state index is -0.680. The minimum Gasteiger partial charge on any atom is -0.489 e. The Morgan fingerprint density at radius 1 is 1.07 bits per heavy atom. The van der Waals surface area contributed by atoms with Crippen molar-refractivity contribution in [3.05, 3.63) is 52.0 Å². The van der Waals surface area contributed by atoms with Gasteiger partial charge in [-0.3, -0.25) is 9.59 Å². The monoisotopic (exact) mass is 415 g/mol. The van der Waals surface area contributed by atoms with Gasteiger partial charge in [0, 0.05) is 24.1 Å². The van der Waals surface area contributed by atoms with E-state index in [2.05, 4.69) is 5.32 Å². The van der Waals surface area contributed by atoms with Gasteiger partial charge in [-0.05, 0) is 42.3 Å². The molecule has 0 fully saturated rings. The first-order chi connectivity index (χ1) is 14.0. The first-order valence-electron chi connectivity index (χ1n) is 9.23. The summed E-state index contributed by atoms with van der Waals surface area (Å²) in [6.45, 7) is 0.532. The Morgan fingerprint density at radius 2 is 1.90 bits per heavy atom. The van der Waals surface area contributed by atoms with Crippen LogP contribution in [0.2, 0.25) is 5.02 Å². The fourth-order valence-electron chi connectivity index (χ4n) is 3.20. The number of halogens is 1. The molecule has 0 saturated heterocycles. The van der Waals surface area contributed by atoms with Crippen LogP contribution in [0.15, 0.2) is 30.3 Å². The second-order valence-corrected chi connectivity index (χ2v) is 7.16. The maximum Gasteiger partial charge on any atom is 0.338 e. The molecule has 2 aliphatic rings. The highest BCUT2D eigenvalue weighted by atomic mass is 35.5. The van der Waals surface area contributed by atoms with Crippen molar-refractivity contribution in [2.75, 3.05) is 25.1 Å². The average molecular weight is 416 g/mol. The van der Waals surface area contributed by atoms with Gasteiger partial charge in [-0.2, -0.15) is 0 Å². The SMILES string of the molecule is O=C1CCc2cc(C(=O)COC(=O)c3cc(Cl)c4c(c3)OCCCO4)ccc2N1. The van der Waals surface area contributed by atoms with E-state index >= 15 is 0 Å². The van der Waals surface area contributed by atoms with Crippen molar-refractivity contribution in [3.8, 4) is 11.5 Å². The van der Waals surface area contributed by atoms with E-state index in [0.717, 1.165) is 5.56 Å². The third-order valence-electron chi connectivity index (χ3n) is 4.69. The van der Waals surface area contributed by atoms with Gasteiger partial charge < -0.3 is 19.5 Å². The predicted molar refractivity (Wildman–Crippen MR) is 105 cm³/mol. The van der Waals surface area contributed by atoms with Crippen LogP contribution in [0.5, 0.6) is 11.5 Å². The molecule has 4 rings (SSSR count). The van der Waals surface area contributed by atoms with E-state index < -0.39 is 12.6 Å². The van der Waals surface area contributed by atoms with Crippen LogP contribution in [-0.2, 0) is 16.0 Å². The number of amides is 1. The number of fused-ring (bicyclic) bond motifs is 2. The lowest BCUT2D eigenvalue weighted by Crippen LogP contribution is -2.20. The maximum absolute atomic E-state index is 12.4. The molecule has 2 aromatic rings. The van der Waals surface area contributed by atoms with Gasteiger partial charge in [0.15, 0.2) is 23.9 Å². The fourth-order valence-corrected chi connectivity index (χ4v) is 3.47. The van der Waals surface area contributed by atoms with Crippen LogP contribution in [-0.4, -0.2) is 37.5 Å². The first-order valence-corrected chi connectivity index (χ1v) is 9.61. The van der Waals surface area contributed by atoms with Gasteiger partial charge in [-0.1, -0.05) is 11.6 Å². The van der Waals surface area contributed by atoms with Gasteiger partial charge in [0.25, 0.3) is 0 Å². The molecule has 1 N–H and O–H groups in total. The molecule has 0 saturated carbocycles. The number of Topliss-reactive ketones (excluding diaryl/α,β-unsaturated/α-hetero) is 1. The molecule has 2 aliphatic heterocycles. The minimum absolute atomic E-state index is 0.0423. The first kappa shape index (κ1) is 19.3. The third-order valence-corrected chi connectivity index (χ3v) is 4.98. The van der Waals surface area contributed by atoms with E-state index in [1.54, 1.807) is 18.2 Å². The lowest BCUT2D eigenvalue weighted by atomic mass is 9.99. The van der Waals surface area contributed by atoms with Crippen LogP contribution in [0.25, 0.3) is 0 Å². The Kier molecular flexibility index (Phi) is 5.40. The number of rotatable bonds is 4. The number of carbonyl (C=O) groups excluding carboxylic acids is 3. The van der Waals surface area contributed by atoms with Crippen LogP contribution >= 0.6 is 11.6 Å². The Labute approximate surface area is 171 Å². The van der Waals surface area contributed by atoms with Gasteiger partial charge in [-0.15, -0.1) is 0 Å². The van der Waals surface area contributed by atoms with Gasteiger partial charge in [0.05, 0.1) is 23.8 Å². The number of esters is 1. The molecule has 1 amide bonds. The van der Waals surface area contributed by atoms with E-state index in [0.29, 0.717) is 55.2 Å². The van der Waals surface area contributed by atoms with Gasteiger partial charge >= 0.3 is 5.97 Å². The molecule has 0 aliphatic carbocycles. The Morgan fingerprint density at radius 3 is 2.76 bits per heavy atom. The summed E-state index contributed by atoms with van der Waals surface area (Å²) in [5, 5.41) is 3.01. The normalized spacial score (nSPS) is 15.0. The van der Waals surface area contributed by atoms with Crippen molar-refractivity contribution in [3.63, 3.8) is 0 Å². The van der Waals surface area contributed by atoms with Crippen molar-refractivity contribution < 1.29 is 28.6 Å². The van der Waals surface area contributed by atoms with E-state index in [9.17, 15) is 14.4 Å². The molecule has 150 valence electrons. The van der Waals surface area contributed by atoms with Crippen LogP contribution in [0.1, 0.15) is 39.1 Å². The quantitative estimate of drug-likeness (QED) is 0.607. The average Bonchev–Trinajstić information content (AvgIpc) is 2.97. The summed E-state index contributed by atoms with van der Waals surface area (Å²) in [5.74, 6) is -0.276. The molecule has 29 heavy (non-hydrogen) atoms. The van der Waals surface area contributed by atoms with Gasteiger partial charge in [0.2, 0.25) is 5.91 Å². The number of benzene rings is 2. The number of hydrogen-bond donors (Lipinski definition) is 1. The van der Waals surface area contributed by atoms with E-state index in [-0.39, 0.29) is 22.3 Å². The zero-order chi connectivity index (χ0) is 20.4. The summed E-state index contributed by atoms with van der Waals surface area (Å²) in [7, 11) is 0. The fraction of sp³-hybridized carbons (Fsp3) is 0.286. The number of ether oxygens (including phenoxy) is 3. The summed E-state index contributed by atoms with van der Waals surface area (Å²) in [4.78, 5) is 36.3. The van der Waals surface area contributed by atoms with Crippen molar-refractivity contribution in [2.45, 2.75) is 19.3 Å². The summed E-state index contributed by atoms with van der Waals surface area (Å²) < 4.78 is 16.3. The molecular formula is C21H18ClNO6. The third kappa shape index (κ3) is 4.19. The number of nitrogens with one attached hydrogen (secondary N) is 1. The highest BCUT2D eigenvalue weighted by Crippen LogP contribution is 2.38. The topological polar surface area (TPSA) is 90.9 Å². The zero-order valence-corrected chi connectivity index (χ0v) is 16.2. The molecule has 2 aromatic carbocycles. The highest BCUT2D eigenvalue weighted by Gasteiger charge is 2.21. The van der Waals surface area contributed by atoms with Crippen LogP contribution < -0.4 is 14.8 Å². The van der Waals surface area contributed by atoms with Gasteiger partial charge in [-0.25, -0.2) is 4.79 Å². The van der Waals surface area contributed by atoms with Gasteiger partial charge in [0.1, 0.15) is 0 Å². The predicted octanol–water partition coefficient (Wildman–Crippen LogP) is 3.43. The Hall–Kier alpha value is -3.06. The molecule has 0 aromatic heterocycles. The molecule has 8 heteroatoms. The lowest BCUT2D eigenvalue weighted by Gasteiger charge is -2.17. The number of carbonyl (C=O) groups is 3. The second-order valence-electron chi connectivity index (χ2n) is 6.76. The Balaban J connectivity index is 1.43. The van der Waals surface area contributed by atoms with Crippen molar-refractivity contribution in [1.29, 1.82) is 0 Å². The van der Waals surface area contributed by atoms with Crippen molar-refractivity contribution >= 4 is 34.9 Å². The Bertz CT molecular complexity index is 1000. The summed E-state index contributed by atoms with van der Waals surface area (Å²) in [5.41, 5.74) is 2.19. The van der Waals surface area contributed by atoms with Crippen LogP contribution in [0, 0.1) is 0 Å². The van der Waals surface area contributed by atoms with E-state index in [4.69, 9.17) is 25.8 Å². The summed E-state index contributed by atoms with van der Waals surface area (Å²) in [6.07, 6.45) is 1.66. The molecule has 0 spiro atoms. The molecule has 0 atom stereocenters. The molecule has 0 radical (unpaired) electrons. The number of ketones is 1. The second kappa shape index (κ2) is 8.13. The van der Waals surface area contributed by atoms with Crippen molar-refractivity contribution in [2.24, 2.45) is 0 Å². The maximum atomic E-state index is 12.4. The number of anilines is 1. The highest BCUT2D eigenvalue weighted by molar-refractivity contribution is 6.32. The largest absolute Gasteiger partial charge is 0.489 e. The van der Waals surface area contributed by atoms with Crippen LogP contribution in [0.3, 0.4) is 0 Å². The van der Waals surface area contributed by atoms with E-state index in [1.165, 1.54) is 12.1 Å². The summed E-state index contributed by atoms with van der Waals surface area (Å²) >= 11 is 6.19. The standard InChI is InChI=1S/C21H18ClNO6/c22-15-9-14(10-18-20(15)28-7-1-6-27-18)21(26)29-11-17(24)13-2-4-16-12(8-13)3-5-19(25)23-16/h2,4,8-10H,1,3,5-7,11H2,(H,23,25). The molecular weight excluding hydrogens is 398 g/mol. The zero-order valence-electron chi connectivity index (χ0n) is 15.5. The van der Waals surface area contributed by atoms with Crippen molar-refractivity contribution in [1.82, 2.24) is 0 Å². The lowest BCUT2D eigenvalue weighted by molar-refractivity contribution is -0.116. The van der Waals surface area contributed by atoms with Crippen LogP contribution in [0.4, 0.5) is 5.69 Å². The molecule has 2 heterocycles. The van der Waals surface area contributed by atoms with E-state index in [1.807, 2.05) is 0 Å². The molecule has 0 bridgehead atoms. The smallest absolute Gasteiger partial charge is 0.338 e. The number of hydrogen-bond acceptors (Lipinski definition) is 6. The number of aryl methyl sites for hydroxylation is 1. The molecule has 7 nitrogen and oxygen atoms in total. The molecule has 0 unspecified atom stereocenters.